The molecule has 1 heterocycles. The van der Waals surface area contributed by atoms with Crippen LogP contribution in [0.15, 0.2) is 29.5 Å². The highest BCUT2D eigenvalue weighted by atomic mass is 32.1. The van der Waals surface area contributed by atoms with Gasteiger partial charge in [-0.2, -0.15) is 4.99 Å². The maximum absolute atomic E-state index is 14.0. The molecule has 24 heavy (non-hydrogen) atoms. The van der Waals surface area contributed by atoms with Gasteiger partial charge in [-0.1, -0.05) is 25.7 Å². The van der Waals surface area contributed by atoms with Crippen LogP contribution in [0, 0.1) is 23.5 Å². The lowest BCUT2D eigenvalue weighted by Crippen LogP contribution is -1.97. The summed E-state index contributed by atoms with van der Waals surface area (Å²) in [6.07, 6.45) is 5.98. The SMILES string of the molecule is CCCCCc1c(F)cc(C#Cc2ncc(N=C=S)cn2)cc1F. The fourth-order valence-corrected chi connectivity index (χ4v) is 2.20. The van der Waals surface area contributed by atoms with E-state index >= 15 is 0 Å². The summed E-state index contributed by atoms with van der Waals surface area (Å²) in [5, 5.41) is 2.21. The Balaban J connectivity index is 2.17. The van der Waals surface area contributed by atoms with E-state index in [2.05, 4.69) is 44.2 Å². The number of nitrogens with zero attached hydrogens (tertiary/aromatic N) is 3. The third-order valence-corrected chi connectivity index (χ3v) is 3.39. The van der Waals surface area contributed by atoms with Crippen LogP contribution in [-0.2, 0) is 6.42 Å². The molecule has 3 nitrogen and oxygen atoms in total. The van der Waals surface area contributed by atoms with Crippen LogP contribution in [0.3, 0.4) is 0 Å². The smallest absolute Gasteiger partial charge is 0.205 e. The van der Waals surface area contributed by atoms with Gasteiger partial charge in [0.1, 0.15) is 17.3 Å². The first kappa shape index (κ1) is 17.9. The maximum Gasteiger partial charge on any atom is 0.205 e. The Morgan fingerprint density at radius 3 is 2.33 bits per heavy atom. The molecular weight excluding hydrogens is 328 g/mol. The summed E-state index contributed by atoms with van der Waals surface area (Å²) in [6.45, 7) is 2.04. The number of halogens is 2. The average Bonchev–Trinajstić information content (AvgIpc) is 2.57. The zero-order valence-electron chi connectivity index (χ0n) is 13.1. The van der Waals surface area contributed by atoms with E-state index in [0.717, 1.165) is 19.3 Å². The Hall–Kier alpha value is -2.48. The van der Waals surface area contributed by atoms with Gasteiger partial charge in [0.2, 0.25) is 5.82 Å². The van der Waals surface area contributed by atoms with Gasteiger partial charge >= 0.3 is 0 Å². The van der Waals surface area contributed by atoms with Crippen LogP contribution >= 0.6 is 12.2 Å². The van der Waals surface area contributed by atoms with E-state index < -0.39 is 11.6 Å². The molecule has 6 heteroatoms. The molecule has 2 aromatic rings. The molecule has 0 aliphatic heterocycles. The van der Waals surface area contributed by atoms with Crippen LogP contribution in [0.25, 0.3) is 0 Å². The van der Waals surface area contributed by atoms with Gasteiger partial charge in [0.15, 0.2) is 0 Å². The largest absolute Gasteiger partial charge is 0.227 e. The van der Waals surface area contributed by atoms with E-state index in [4.69, 9.17) is 0 Å². The predicted octanol–water partition coefficient (Wildman–Crippen LogP) is 4.62. The molecule has 0 saturated heterocycles. The third kappa shape index (κ3) is 5.02. The Morgan fingerprint density at radius 1 is 1.08 bits per heavy atom. The highest BCUT2D eigenvalue weighted by Gasteiger charge is 2.10. The summed E-state index contributed by atoms with van der Waals surface area (Å²) in [4.78, 5) is 11.7. The number of rotatable bonds is 5. The number of hydrogen-bond acceptors (Lipinski definition) is 4. The molecule has 0 atom stereocenters. The Morgan fingerprint density at radius 2 is 1.75 bits per heavy atom. The quantitative estimate of drug-likeness (QED) is 0.344. The number of isothiocyanates is 1. The molecule has 0 spiro atoms. The monoisotopic (exact) mass is 343 g/mol. The molecule has 0 bridgehead atoms. The predicted molar refractivity (Wildman–Crippen MR) is 92.3 cm³/mol. The zero-order chi connectivity index (χ0) is 17.4. The Bertz CT molecular complexity index is 793. The van der Waals surface area contributed by atoms with E-state index in [9.17, 15) is 8.78 Å². The van der Waals surface area contributed by atoms with Crippen molar-refractivity contribution in [2.75, 3.05) is 0 Å². The van der Waals surface area contributed by atoms with Gasteiger partial charge in [0.05, 0.1) is 17.6 Å². The first-order valence-corrected chi connectivity index (χ1v) is 7.94. The second-order valence-corrected chi connectivity index (χ2v) is 5.28. The van der Waals surface area contributed by atoms with Crippen molar-refractivity contribution in [2.24, 2.45) is 4.99 Å². The molecule has 1 aromatic carbocycles. The average molecular weight is 343 g/mol. The van der Waals surface area contributed by atoms with Gasteiger partial charge < -0.3 is 0 Å². The summed E-state index contributed by atoms with van der Waals surface area (Å²) < 4.78 is 28.1. The van der Waals surface area contributed by atoms with Crippen molar-refractivity contribution >= 4 is 23.1 Å². The van der Waals surface area contributed by atoms with Crippen molar-refractivity contribution in [1.82, 2.24) is 9.97 Å². The number of benzene rings is 1. The van der Waals surface area contributed by atoms with Crippen molar-refractivity contribution < 1.29 is 8.78 Å². The van der Waals surface area contributed by atoms with Gasteiger partial charge in [-0.3, -0.25) is 0 Å². The van der Waals surface area contributed by atoms with Gasteiger partial charge in [0, 0.05) is 11.1 Å². The molecular formula is C18H15F2N3S. The first-order valence-electron chi connectivity index (χ1n) is 7.54. The van der Waals surface area contributed by atoms with Gasteiger partial charge in [0.25, 0.3) is 0 Å². The van der Waals surface area contributed by atoms with Crippen LogP contribution in [0.5, 0.6) is 0 Å². The number of thiocarbonyl (C=S) groups is 1. The normalized spacial score (nSPS) is 9.79. The molecule has 122 valence electrons. The molecule has 0 amide bonds. The maximum atomic E-state index is 14.0. The van der Waals surface area contributed by atoms with Gasteiger partial charge in [-0.25, -0.2) is 18.7 Å². The summed E-state index contributed by atoms with van der Waals surface area (Å²) in [5.41, 5.74) is 0.825. The summed E-state index contributed by atoms with van der Waals surface area (Å²) in [6, 6.07) is 2.48. The molecule has 0 fully saturated rings. The minimum Gasteiger partial charge on any atom is -0.227 e. The van der Waals surface area contributed by atoms with Crippen molar-refractivity contribution in [3.63, 3.8) is 0 Å². The number of unbranched alkanes of at least 4 members (excludes halogenated alkanes) is 2. The van der Waals surface area contributed by atoms with Gasteiger partial charge in [-0.05, 0) is 43.1 Å². The molecule has 0 aliphatic carbocycles. The van der Waals surface area contributed by atoms with Crippen molar-refractivity contribution in [3.05, 3.63) is 53.1 Å². The minimum atomic E-state index is -0.568. The molecule has 0 aliphatic rings. The fraction of sp³-hybridized carbons (Fsp3) is 0.278. The van der Waals surface area contributed by atoms with E-state index in [1.165, 1.54) is 24.5 Å². The molecule has 2 rings (SSSR count). The van der Waals surface area contributed by atoms with E-state index in [1.54, 1.807) is 0 Å². The standard InChI is InChI=1S/C18H15F2N3S/c1-2-3-4-5-15-16(19)8-13(9-17(15)20)6-7-18-21-10-14(11-22-18)23-12-24/h8-11H,2-5H2,1H3. The first-order chi connectivity index (χ1) is 11.6. The highest BCUT2D eigenvalue weighted by Crippen LogP contribution is 2.18. The molecule has 0 N–H and O–H groups in total. The van der Waals surface area contributed by atoms with Crippen LogP contribution in [0.2, 0.25) is 0 Å². The number of hydrogen-bond donors (Lipinski definition) is 0. The van der Waals surface area contributed by atoms with Crippen LogP contribution in [0.4, 0.5) is 14.5 Å². The van der Waals surface area contributed by atoms with Crippen molar-refractivity contribution in [1.29, 1.82) is 0 Å². The topological polar surface area (TPSA) is 38.1 Å². The lowest BCUT2D eigenvalue weighted by molar-refractivity contribution is 0.545. The van der Waals surface area contributed by atoms with Gasteiger partial charge in [-0.15, -0.1) is 0 Å². The number of aromatic nitrogens is 2. The molecule has 0 radical (unpaired) electrons. The molecule has 0 saturated carbocycles. The van der Waals surface area contributed by atoms with E-state index in [-0.39, 0.29) is 17.0 Å². The van der Waals surface area contributed by atoms with E-state index in [0.29, 0.717) is 12.1 Å². The number of aliphatic imine (C=N–C) groups is 1. The Kier molecular flexibility index (Phi) is 6.68. The Labute approximate surface area is 144 Å². The lowest BCUT2D eigenvalue weighted by atomic mass is 10.0. The summed E-state index contributed by atoms with van der Waals surface area (Å²) >= 11 is 4.48. The second kappa shape index (κ2) is 8.97. The van der Waals surface area contributed by atoms with Crippen molar-refractivity contribution in [2.45, 2.75) is 32.6 Å². The summed E-state index contributed by atoms with van der Waals surface area (Å²) in [5.74, 6) is 4.42. The van der Waals surface area contributed by atoms with E-state index in [1.807, 2.05) is 6.92 Å². The lowest BCUT2D eigenvalue weighted by Gasteiger charge is -2.05. The summed E-state index contributed by atoms with van der Waals surface area (Å²) in [7, 11) is 0. The highest BCUT2D eigenvalue weighted by molar-refractivity contribution is 7.78. The fourth-order valence-electron chi connectivity index (χ4n) is 2.09. The van der Waals surface area contributed by atoms with Crippen molar-refractivity contribution in [3.8, 4) is 11.8 Å². The molecule has 1 aromatic heterocycles. The molecule has 0 unspecified atom stereocenters. The second-order valence-electron chi connectivity index (χ2n) is 5.09. The third-order valence-electron chi connectivity index (χ3n) is 3.30. The van der Waals surface area contributed by atoms with Crippen LogP contribution in [-0.4, -0.2) is 15.1 Å². The van der Waals surface area contributed by atoms with Crippen LogP contribution in [0.1, 0.15) is 43.1 Å². The zero-order valence-corrected chi connectivity index (χ0v) is 14.0. The van der Waals surface area contributed by atoms with Crippen LogP contribution < -0.4 is 0 Å². The minimum absolute atomic E-state index is 0.118.